The van der Waals surface area contributed by atoms with Gasteiger partial charge in [-0.05, 0) is 35.4 Å². The van der Waals surface area contributed by atoms with Gasteiger partial charge in [0.05, 0.1) is 18.4 Å². The van der Waals surface area contributed by atoms with Gasteiger partial charge in [0, 0.05) is 18.4 Å². The van der Waals surface area contributed by atoms with Gasteiger partial charge < -0.3 is 19.5 Å². The van der Waals surface area contributed by atoms with Gasteiger partial charge in [-0.15, -0.1) is 5.10 Å². The number of nitrogens with zero attached hydrogens (tertiary/aromatic N) is 4. The zero-order valence-electron chi connectivity index (χ0n) is 13.4. The van der Waals surface area contributed by atoms with Crippen LogP contribution >= 0.6 is 11.8 Å². The van der Waals surface area contributed by atoms with Crippen molar-refractivity contribution in [2.45, 2.75) is 30.6 Å². The Morgan fingerprint density at radius 2 is 2.28 bits per heavy atom. The zero-order valence-corrected chi connectivity index (χ0v) is 14.2. The number of rotatable bonds is 6. The van der Waals surface area contributed by atoms with Crippen LogP contribution in [0.5, 0.6) is 11.5 Å². The summed E-state index contributed by atoms with van der Waals surface area (Å²) in [6.45, 7) is 1.60. The monoisotopic (exact) mass is 363 g/mol. The summed E-state index contributed by atoms with van der Waals surface area (Å²) in [5.74, 6) is 1.38. The maximum absolute atomic E-state index is 12.2. The number of tetrazole rings is 1. The van der Waals surface area contributed by atoms with Crippen LogP contribution in [0.25, 0.3) is 0 Å². The standard InChI is InChI=1S/C15H17N5O4S/c21-14(16-10-3-4-12-13(6-10)24-9-23-12)8-25-15-17-18-19-20(15)7-11-2-1-5-22-11/h3-4,6,11H,1-2,5,7-9H2,(H,16,21)/t11-/m0/s1. The molecule has 1 aromatic carbocycles. The number of ether oxygens (including phenoxy) is 3. The van der Waals surface area contributed by atoms with E-state index in [4.69, 9.17) is 14.2 Å². The molecule has 0 unspecified atom stereocenters. The average molecular weight is 363 g/mol. The number of carbonyl (C=O) groups is 1. The molecule has 2 aromatic rings. The molecule has 1 atom stereocenters. The van der Waals surface area contributed by atoms with Gasteiger partial charge in [-0.1, -0.05) is 11.8 Å². The Hall–Kier alpha value is -2.33. The van der Waals surface area contributed by atoms with Crippen LogP contribution in [0.1, 0.15) is 12.8 Å². The minimum absolute atomic E-state index is 0.143. The van der Waals surface area contributed by atoms with Gasteiger partial charge in [0.25, 0.3) is 0 Å². The Morgan fingerprint density at radius 1 is 1.36 bits per heavy atom. The Kier molecular flexibility index (Phi) is 4.70. The number of hydrogen-bond donors (Lipinski definition) is 1. The molecule has 2 aliphatic rings. The second-order valence-corrected chi connectivity index (χ2v) is 6.63. The summed E-state index contributed by atoms with van der Waals surface area (Å²) in [7, 11) is 0. The van der Waals surface area contributed by atoms with E-state index in [1.807, 2.05) is 0 Å². The van der Waals surface area contributed by atoms with Crippen LogP contribution in [0, 0.1) is 0 Å². The van der Waals surface area contributed by atoms with Gasteiger partial charge in [0.1, 0.15) is 0 Å². The number of anilines is 1. The quantitative estimate of drug-likeness (QED) is 0.767. The topological polar surface area (TPSA) is 100 Å². The fourth-order valence-electron chi connectivity index (χ4n) is 2.70. The molecule has 1 aromatic heterocycles. The smallest absolute Gasteiger partial charge is 0.234 e. The van der Waals surface area contributed by atoms with Crippen LogP contribution in [0.2, 0.25) is 0 Å². The molecule has 1 N–H and O–H groups in total. The van der Waals surface area contributed by atoms with E-state index < -0.39 is 0 Å². The van der Waals surface area contributed by atoms with E-state index in [0.717, 1.165) is 19.4 Å². The molecule has 0 bridgehead atoms. The summed E-state index contributed by atoms with van der Waals surface area (Å²) in [6, 6.07) is 5.29. The molecule has 0 radical (unpaired) electrons. The molecule has 1 amide bonds. The molecule has 2 aliphatic heterocycles. The lowest BCUT2D eigenvalue weighted by Gasteiger charge is -2.10. The maximum atomic E-state index is 12.2. The molecule has 0 spiro atoms. The molecule has 25 heavy (non-hydrogen) atoms. The van der Waals surface area contributed by atoms with E-state index in [1.54, 1.807) is 22.9 Å². The molecular weight excluding hydrogens is 346 g/mol. The molecule has 3 heterocycles. The number of aromatic nitrogens is 4. The first kappa shape index (κ1) is 16.2. The van der Waals surface area contributed by atoms with Crippen LogP contribution in [0.3, 0.4) is 0 Å². The highest BCUT2D eigenvalue weighted by atomic mass is 32.2. The maximum Gasteiger partial charge on any atom is 0.234 e. The predicted octanol–water partition coefficient (Wildman–Crippen LogP) is 1.31. The molecule has 4 rings (SSSR count). The number of hydrogen-bond acceptors (Lipinski definition) is 8. The van der Waals surface area contributed by atoms with Crippen LogP contribution in [-0.2, 0) is 16.1 Å². The second-order valence-electron chi connectivity index (χ2n) is 5.68. The second kappa shape index (κ2) is 7.28. The fourth-order valence-corrected chi connectivity index (χ4v) is 3.38. The summed E-state index contributed by atoms with van der Waals surface area (Å²) in [6.07, 6.45) is 2.22. The van der Waals surface area contributed by atoms with Crippen LogP contribution in [-0.4, -0.2) is 51.4 Å². The largest absolute Gasteiger partial charge is 0.454 e. The fraction of sp³-hybridized carbons (Fsp3) is 0.467. The van der Waals surface area contributed by atoms with Gasteiger partial charge >= 0.3 is 0 Å². The number of carbonyl (C=O) groups excluding carboxylic acids is 1. The highest BCUT2D eigenvalue weighted by Gasteiger charge is 2.19. The van der Waals surface area contributed by atoms with Crippen molar-refractivity contribution in [2.24, 2.45) is 0 Å². The third-order valence-electron chi connectivity index (χ3n) is 3.89. The van der Waals surface area contributed by atoms with Crippen molar-refractivity contribution in [2.75, 3.05) is 24.5 Å². The van der Waals surface area contributed by atoms with E-state index in [0.29, 0.717) is 28.9 Å². The van der Waals surface area contributed by atoms with Crippen molar-refractivity contribution in [3.05, 3.63) is 18.2 Å². The van der Waals surface area contributed by atoms with Crippen molar-refractivity contribution in [3.8, 4) is 11.5 Å². The number of benzene rings is 1. The third-order valence-corrected chi connectivity index (χ3v) is 4.85. The van der Waals surface area contributed by atoms with Gasteiger partial charge in [-0.2, -0.15) is 0 Å². The van der Waals surface area contributed by atoms with E-state index in [9.17, 15) is 4.79 Å². The van der Waals surface area contributed by atoms with Gasteiger partial charge in [-0.3, -0.25) is 4.79 Å². The molecule has 1 fully saturated rings. The van der Waals surface area contributed by atoms with E-state index in [2.05, 4.69) is 20.8 Å². The Balaban J connectivity index is 1.31. The lowest BCUT2D eigenvalue weighted by molar-refractivity contribution is -0.113. The molecule has 10 heteroatoms. The van der Waals surface area contributed by atoms with Crippen molar-refractivity contribution in [1.29, 1.82) is 0 Å². The van der Waals surface area contributed by atoms with E-state index in [-0.39, 0.29) is 24.6 Å². The Morgan fingerprint density at radius 3 is 3.16 bits per heavy atom. The van der Waals surface area contributed by atoms with Crippen molar-refractivity contribution in [1.82, 2.24) is 20.2 Å². The normalized spacial score (nSPS) is 18.5. The third kappa shape index (κ3) is 3.85. The highest BCUT2D eigenvalue weighted by Crippen LogP contribution is 2.34. The summed E-state index contributed by atoms with van der Waals surface area (Å²) < 4.78 is 17.8. The first-order chi connectivity index (χ1) is 12.3. The summed E-state index contributed by atoms with van der Waals surface area (Å²) >= 11 is 1.29. The van der Waals surface area contributed by atoms with Crippen molar-refractivity contribution in [3.63, 3.8) is 0 Å². The minimum Gasteiger partial charge on any atom is -0.454 e. The summed E-state index contributed by atoms with van der Waals surface area (Å²) in [4.78, 5) is 12.2. The lowest BCUT2D eigenvalue weighted by atomic mass is 10.2. The molecular formula is C15H17N5O4S. The number of amides is 1. The SMILES string of the molecule is O=C(CSc1nnnn1C[C@@H]1CCCO1)Nc1ccc2c(c1)OCO2. The molecule has 1 saturated heterocycles. The van der Waals surface area contributed by atoms with Crippen LogP contribution in [0.15, 0.2) is 23.4 Å². The molecule has 132 valence electrons. The number of thioether (sulfide) groups is 1. The highest BCUT2D eigenvalue weighted by molar-refractivity contribution is 7.99. The van der Waals surface area contributed by atoms with Crippen LogP contribution in [0.4, 0.5) is 5.69 Å². The Bertz CT molecular complexity index is 762. The van der Waals surface area contributed by atoms with Gasteiger partial charge in [-0.25, -0.2) is 4.68 Å². The van der Waals surface area contributed by atoms with Crippen molar-refractivity contribution >= 4 is 23.4 Å². The predicted molar refractivity (Wildman–Crippen MR) is 88.7 cm³/mol. The molecule has 0 saturated carbocycles. The first-order valence-corrected chi connectivity index (χ1v) is 8.96. The van der Waals surface area contributed by atoms with E-state index in [1.165, 1.54) is 11.8 Å². The Labute approximate surface area is 148 Å². The van der Waals surface area contributed by atoms with E-state index >= 15 is 0 Å². The van der Waals surface area contributed by atoms with Crippen LogP contribution < -0.4 is 14.8 Å². The number of fused-ring (bicyclic) bond motifs is 1. The molecule has 0 aliphatic carbocycles. The first-order valence-electron chi connectivity index (χ1n) is 7.98. The number of nitrogens with one attached hydrogen (secondary N) is 1. The lowest BCUT2D eigenvalue weighted by Crippen LogP contribution is -2.18. The zero-order chi connectivity index (χ0) is 17.1. The summed E-state index contributed by atoms with van der Waals surface area (Å²) in [5.41, 5.74) is 0.661. The van der Waals surface area contributed by atoms with Crippen molar-refractivity contribution < 1.29 is 19.0 Å². The summed E-state index contributed by atoms with van der Waals surface area (Å²) in [5, 5.41) is 15.1. The van der Waals surface area contributed by atoms with Gasteiger partial charge in [0.15, 0.2) is 11.5 Å². The minimum atomic E-state index is -0.143. The average Bonchev–Trinajstić information content (AvgIpc) is 3.35. The van der Waals surface area contributed by atoms with Gasteiger partial charge in [0.2, 0.25) is 17.9 Å². The molecule has 9 nitrogen and oxygen atoms in total.